The third-order valence-electron chi connectivity index (χ3n) is 4.62. The number of hydrogen-bond donors (Lipinski definition) is 0. The van der Waals surface area contributed by atoms with E-state index in [1.165, 1.54) is 17.4 Å². The standard InChI is InChI=1S/C20H17N3O4S/c1-22-15-7-6-14(27-2)11-16(15)28-20(22)21-19(26)12-4-3-5-13(10-12)23-17(24)8-9-18(23)25/h3-7,10-11H,8-9H2,1-2H3. The van der Waals surface area contributed by atoms with Crippen molar-refractivity contribution in [2.75, 3.05) is 12.0 Å². The number of benzene rings is 2. The average molecular weight is 395 g/mol. The molecule has 1 fully saturated rings. The molecule has 3 amide bonds. The third kappa shape index (κ3) is 3.11. The van der Waals surface area contributed by atoms with Crippen LogP contribution < -0.4 is 14.4 Å². The highest BCUT2D eigenvalue weighted by molar-refractivity contribution is 7.16. The summed E-state index contributed by atoms with van der Waals surface area (Å²) in [5.41, 5.74) is 1.67. The molecule has 0 unspecified atom stereocenters. The number of anilines is 1. The second-order valence-corrected chi connectivity index (χ2v) is 7.38. The molecule has 2 aromatic carbocycles. The number of aromatic nitrogens is 1. The molecule has 0 N–H and O–H groups in total. The van der Waals surface area contributed by atoms with Crippen LogP contribution in [-0.4, -0.2) is 29.4 Å². The van der Waals surface area contributed by atoms with Gasteiger partial charge in [-0.3, -0.25) is 19.3 Å². The van der Waals surface area contributed by atoms with E-state index in [1.54, 1.807) is 25.3 Å². The Morgan fingerprint density at radius 3 is 2.57 bits per heavy atom. The average Bonchev–Trinajstić information content (AvgIpc) is 3.20. The minimum Gasteiger partial charge on any atom is -0.497 e. The zero-order valence-electron chi connectivity index (χ0n) is 15.3. The molecule has 1 aliphatic rings. The van der Waals surface area contributed by atoms with Gasteiger partial charge >= 0.3 is 0 Å². The summed E-state index contributed by atoms with van der Waals surface area (Å²) in [6.45, 7) is 0. The van der Waals surface area contributed by atoms with E-state index in [4.69, 9.17) is 4.74 Å². The van der Waals surface area contributed by atoms with E-state index in [2.05, 4.69) is 4.99 Å². The molecule has 7 nitrogen and oxygen atoms in total. The van der Waals surface area contributed by atoms with Gasteiger partial charge in [-0.2, -0.15) is 4.99 Å². The van der Waals surface area contributed by atoms with E-state index in [9.17, 15) is 14.4 Å². The van der Waals surface area contributed by atoms with Crippen LogP contribution in [0.15, 0.2) is 47.5 Å². The van der Waals surface area contributed by atoms with Gasteiger partial charge in [0.1, 0.15) is 5.75 Å². The summed E-state index contributed by atoms with van der Waals surface area (Å²) >= 11 is 1.38. The molecule has 2 heterocycles. The lowest BCUT2D eigenvalue weighted by atomic mass is 10.2. The molecule has 0 aliphatic carbocycles. The fraction of sp³-hybridized carbons (Fsp3) is 0.200. The topological polar surface area (TPSA) is 81.0 Å². The number of aryl methyl sites for hydroxylation is 1. The van der Waals surface area contributed by atoms with Crippen LogP contribution in [0.3, 0.4) is 0 Å². The monoisotopic (exact) mass is 395 g/mol. The Hall–Kier alpha value is -3.26. The Morgan fingerprint density at radius 1 is 1.11 bits per heavy atom. The van der Waals surface area contributed by atoms with Crippen molar-refractivity contribution < 1.29 is 19.1 Å². The molecule has 4 rings (SSSR count). The quantitative estimate of drug-likeness (QED) is 0.639. The minimum absolute atomic E-state index is 0.197. The van der Waals surface area contributed by atoms with Crippen molar-refractivity contribution in [2.45, 2.75) is 12.8 Å². The van der Waals surface area contributed by atoms with Gasteiger partial charge in [-0.25, -0.2) is 0 Å². The van der Waals surface area contributed by atoms with E-state index in [0.29, 0.717) is 16.1 Å². The second kappa shape index (κ2) is 7.05. The molecule has 142 valence electrons. The van der Waals surface area contributed by atoms with E-state index >= 15 is 0 Å². The summed E-state index contributed by atoms with van der Waals surface area (Å²) in [6, 6.07) is 12.1. The van der Waals surface area contributed by atoms with Gasteiger partial charge in [0.25, 0.3) is 5.91 Å². The van der Waals surface area contributed by atoms with Crippen molar-refractivity contribution in [3.05, 3.63) is 52.8 Å². The first-order valence-electron chi connectivity index (χ1n) is 8.66. The normalized spacial score (nSPS) is 14.9. The van der Waals surface area contributed by atoms with Crippen LogP contribution in [-0.2, 0) is 16.6 Å². The summed E-state index contributed by atoms with van der Waals surface area (Å²) < 4.78 is 8.04. The van der Waals surface area contributed by atoms with Crippen LogP contribution >= 0.6 is 11.3 Å². The number of thiazole rings is 1. The van der Waals surface area contributed by atoms with Crippen molar-refractivity contribution in [1.82, 2.24) is 4.57 Å². The van der Waals surface area contributed by atoms with E-state index in [-0.39, 0.29) is 24.7 Å². The molecular weight excluding hydrogens is 378 g/mol. The second-order valence-electron chi connectivity index (χ2n) is 6.37. The largest absolute Gasteiger partial charge is 0.497 e. The predicted molar refractivity (Wildman–Crippen MR) is 105 cm³/mol. The molecule has 1 aliphatic heterocycles. The number of hydrogen-bond acceptors (Lipinski definition) is 5. The Balaban J connectivity index is 1.72. The Morgan fingerprint density at radius 2 is 1.86 bits per heavy atom. The first-order chi connectivity index (χ1) is 13.5. The number of rotatable bonds is 3. The lowest BCUT2D eigenvalue weighted by Gasteiger charge is -2.14. The van der Waals surface area contributed by atoms with E-state index in [0.717, 1.165) is 20.9 Å². The number of fused-ring (bicyclic) bond motifs is 1. The van der Waals surface area contributed by atoms with Gasteiger partial charge in [0.2, 0.25) is 11.8 Å². The molecule has 0 atom stereocenters. The van der Waals surface area contributed by atoms with Crippen LogP contribution in [0, 0.1) is 0 Å². The van der Waals surface area contributed by atoms with Crippen LogP contribution in [0.2, 0.25) is 0 Å². The third-order valence-corrected chi connectivity index (χ3v) is 5.71. The molecule has 0 spiro atoms. The minimum atomic E-state index is -0.435. The lowest BCUT2D eigenvalue weighted by molar-refractivity contribution is -0.121. The number of carbonyl (C=O) groups is 3. The zero-order chi connectivity index (χ0) is 19.8. The summed E-state index contributed by atoms with van der Waals surface area (Å²) in [4.78, 5) is 42.5. The molecule has 0 radical (unpaired) electrons. The SMILES string of the molecule is COc1ccc2c(c1)sc(=NC(=O)c1cccc(N3C(=O)CCC3=O)c1)n2C. The molecular formula is C20H17N3O4S. The van der Waals surface area contributed by atoms with Crippen LogP contribution in [0.5, 0.6) is 5.75 Å². The van der Waals surface area contributed by atoms with Gasteiger partial charge in [-0.05, 0) is 36.4 Å². The number of methoxy groups -OCH3 is 1. The molecule has 0 bridgehead atoms. The number of carbonyl (C=O) groups excluding carboxylic acids is 3. The summed E-state index contributed by atoms with van der Waals surface area (Å²) in [5, 5.41) is 0. The number of imide groups is 1. The van der Waals surface area contributed by atoms with Gasteiger partial charge in [-0.1, -0.05) is 17.4 Å². The first kappa shape index (κ1) is 18.1. The smallest absolute Gasteiger partial charge is 0.279 e. The summed E-state index contributed by atoms with van der Waals surface area (Å²) in [6.07, 6.45) is 0.394. The van der Waals surface area contributed by atoms with Gasteiger partial charge in [0, 0.05) is 25.5 Å². The lowest BCUT2D eigenvalue weighted by Crippen LogP contribution is -2.28. The molecule has 1 aromatic heterocycles. The zero-order valence-corrected chi connectivity index (χ0v) is 16.2. The van der Waals surface area contributed by atoms with Crippen LogP contribution in [0.25, 0.3) is 10.2 Å². The Bertz CT molecular complexity index is 1180. The summed E-state index contributed by atoms with van der Waals surface area (Å²) in [5.74, 6) is -0.206. The summed E-state index contributed by atoms with van der Waals surface area (Å²) in [7, 11) is 3.45. The maximum absolute atomic E-state index is 12.7. The predicted octanol–water partition coefficient (Wildman–Crippen LogP) is 2.64. The number of ether oxygens (including phenoxy) is 1. The highest BCUT2D eigenvalue weighted by atomic mass is 32.1. The molecule has 1 saturated heterocycles. The molecule has 28 heavy (non-hydrogen) atoms. The van der Waals surface area contributed by atoms with E-state index < -0.39 is 5.91 Å². The van der Waals surface area contributed by atoms with Crippen molar-refractivity contribution >= 4 is 45.0 Å². The Kier molecular flexibility index (Phi) is 4.56. The number of amides is 3. The van der Waals surface area contributed by atoms with Gasteiger partial charge in [0.05, 0.1) is 23.0 Å². The van der Waals surface area contributed by atoms with E-state index in [1.807, 2.05) is 29.8 Å². The first-order valence-corrected chi connectivity index (χ1v) is 9.48. The highest BCUT2D eigenvalue weighted by Crippen LogP contribution is 2.24. The number of nitrogens with zero attached hydrogens (tertiary/aromatic N) is 3. The maximum Gasteiger partial charge on any atom is 0.279 e. The van der Waals surface area contributed by atoms with Crippen LogP contribution in [0.4, 0.5) is 5.69 Å². The van der Waals surface area contributed by atoms with Gasteiger partial charge < -0.3 is 9.30 Å². The fourth-order valence-corrected chi connectivity index (χ4v) is 4.19. The Labute approximate surface area is 164 Å². The molecule has 0 saturated carbocycles. The maximum atomic E-state index is 12.7. The van der Waals surface area contributed by atoms with Crippen molar-refractivity contribution in [2.24, 2.45) is 12.0 Å². The van der Waals surface area contributed by atoms with Gasteiger partial charge in [0.15, 0.2) is 4.80 Å². The van der Waals surface area contributed by atoms with Crippen molar-refractivity contribution in [1.29, 1.82) is 0 Å². The van der Waals surface area contributed by atoms with Crippen molar-refractivity contribution in [3.63, 3.8) is 0 Å². The molecule has 8 heteroatoms. The van der Waals surface area contributed by atoms with Gasteiger partial charge in [-0.15, -0.1) is 0 Å². The van der Waals surface area contributed by atoms with Crippen LogP contribution in [0.1, 0.15) is 23.2 Å². The fourth-order valence-electron chi connectivity index (χ4n) is 3.14. The van der Waals surface area contributed by atoms with Crippen molar-refractivity contribution in [3.8, 4) is 5.75 Å². The highest BCUT2D eigenvalue weighted by Gasteiger charge is 2.30. The molecule has 3 aromatic rings.